The molecular weight excluding hydrogens is 240 g/mol. The van der Waals surface area contributed by atoms with Crippen LogP contribution in [0.4, 0.5) is 0 Å². The number of nitrogens with one attached hydrogen (secondary N) is 1. The Balaban J connectivity index is 2.63. The quantitative estimate of drug-likeness (QED) is 0.724. The fourth-order valence-corrected chi connectivity index (χ4v) is 3.11. The average Bonchev–Trinajstić information content (AvgIpc) is 2.15. The van der Waals surface area contributed by atoms with Crippen LogP contribution in [0.5, 0.6) is 0 Å². The fourth-order valence-electron chi connectivity index (χ4n) is 1.96. The van der Waals surface area contributed by atoms with E-state index in [0.717, 1.165) is 0 Å². The summed E-state index contributed by atoms with van der Waals surface area (Å²) in [6.07, 6.45) is 0. The summed E-state index contributed by atoms with van der Waals surface area (Å²) in [6.45, 7) is 7.32. The van der Waals surface area contributed by atoms with Gasteiger partial charge in [0, 0.05) is 31.4 Å². The van der Waals surface area contributed by atoms with Crippen LogP contribution >= 0.6 is 0 Å². The number of sulfone groups is 1. The van der Waals surface area contributed by atoms with Gasteiger partial charge in [-0.05, 0) is 13.8 Å². The smallest absolute Gasteiger partial charge is 0.228 e. The molecule has 1 aliphatic rings. The molecule has 5 nitrogen and oxygen atoms in total. The maximum absolute atomic E-state index is 12.1. The van der Waals surface area contributed by atoms with Crippen LogP contribution in [0, 0.1) is 5.92 Å². The zero-order valence-corrected chi connectivity index (χ0v) is 11.6. The summed E-state index contributed by atoms with van der Waals surface area (Å²) in [4.78, 5) is 13.7. The van der Waals surface area contributed by atoms with Gasteiger partial charge in [-0.3, -0.25) is 4.79 Å². The monoisotopic (exact) mass is 262 g/mol. The van der Waals surface area contributed by atoms with Crippen LogP contribution in [0.15, 0.2) is 0 Å². The van der Waals surface area contributed by atoms with E-state index in [1.807, 2.05) is 6.92 Å². The molecule has 0 radical (unpaired) electrons. The maximum Gasteiger partial charge on any atom is 0.228 e. The van der Waals surface area contributed by atoms with Crippen molar-refractivity contribution in [3.63, 3.8) is 0 Å². The molecule has 100 valence electrons. The van der Waals surface area contributed by atoms with Gasteiger partial charge in [0.1, 0.15) is 0 Å². The normalized spacial score (nSPS) is 18.5. The number of nitrogens with zero attached hydrogens (tertiary/aromatic N) is 1. The Kier molecular flexibility index (Phi) is 4.94. The standard InChI is InChI=1S/C11H22N2O3S/c1-4-13(11(14)10-6-12-7-10)9(3)8-17(15,16)5-2/h9-10,12H,4-8H2,1-3H3. The van der Waals surface area contributed by atoms with Gasteiger partial charge in [-0.2, -0.15) is 0 Å². The van der Waals surface area contributed by atoms with Gasteiger partial charge in [-0.25, -0.2) is 8.42 Å². The SMILES string of the molecule is CCN(C(=O)C1CNC1)C(C)CS(=O)(=O)CC. The van der Waals surface area contributed by atoms with E-state index in [4.69, 9.17) is 0 Å². The first-order chi connectivity index (χ1) is 7.91. The molecule has 0 aromatic rings. The summed E-state index contributed by atoms with van der Waals surface area (Å²) in [5.74, 6) is 0.295. The van der Waals surface area contributed by atoms with E-state index in [0.29, 0.717) is 19.6 Å². The third kappa shape index (κ3) is 3.67. The summed E-state index contributed by atoms with van der Waals surface area (Å²) >= 11 is 0. The summed E-state index contributed by atoms with van der Waals surface area (Å²) in [5.41, 5.74) is 0. The predicted octanol–water partition coefficient (Wildman–Crippen LogP) is -0.122. The third-order valence-electron chi connectivity index (χ3n) is 3.22. The Morgan fingerprint density at radius 3 is 2.35 bits per heavy atom. The molecule has 0 spiro atoms. The van der Waals surface area contributed by atoms with E-state index in [9.17, 15) is 13.2 Å². The van der Waals surface area contributed by atoms with Crippen molar-refractivity contribution in [2.45, 2.75) is 26.8 Å². The molecule has 1 saturated heterocycles. The van der Waals surface area contributed by atoms with Crippen LogP contribution < -0.4 is 5.32 Å². The van der Waals surface area contributed by atoms with Crippen molar-refractivity contribution in [1.29, 1.82) is 0 Å². The van der Waals surface area contributed by atoms with Crippen LogP contribution in [-0.2, 0) is 14.6 Å². The maximum atomic E-state index is 12.1. The minimum Gasteiger partial charge on any atom is -0.339 e. The summed E-state index contributed by atoms with van der Waals surface area (Å²) < 4.78 is 23.1. The van der Waals surface area contributed by atoms with E-state index in [-0.39, 0.29) is 29.4 Å². The second-order valence-electron chi connectivity index (χ2n) is 4.53. The molecule has 1 fully saturated rings. The molecule has 1 amide bonds. The van der Waals surface area contributed by atoms with Gasteiger partial charge in [-0.1, -0.05) is 6.92 Å². The van der Waals surface area contributed by atoms with Gasteiger partial charge >= 0.3 is 0 Å². The van der Waals surface area contributed by atoms with Crippen molar-refractivity contribution < 1.29 is 13.2 Å². The van der Waals surface area contributed by atoms with Gasteiger partial charge in [0.15, 0.2) is 9.84 Å². The molecule has 1 N–H and O–H groups in total. The van der Waals surface area contributed by atoms with Gasteiger partial charge in [-0.15, -0.1) is 0 Å². The zero-order chi connectivity index (χ0) is 13.1. The topological polar surface area (TPSA) is 66.5 Å². The third-order valence-corrected chi connectivity index (χ3v) is 5.09. The molecule has 0 saturated carbocycles. The number of carbonyl (C=O) groups excluding carboxylic acids is 1. The Hall–Kier alpha value is -0.620. The summed E-state index contributed by atoms with van der Waals surface area (Å²) in [5, 5.41) is 3.05. The van der Waals surface area contributed by atoms with Gasteiger partial charge in [0.2, 0.25) is 5.91 Å². The van der Waals surface area contributed by atoms with Crippen molar-refractivity contribution in [2.75, 3.05) is 31.1 Å². The van der Waals surface area contributed by atoms with Crippen molar-refractivity contribution in [3.8, 4) is 0 Å². The molecule has 1 unspecified atom stereocenters. The van der Waals surface area contributed by atoms with E-state index < -0.39 is 9.84 Å². The van der Waals surface area contributed by atoms with E-state index in [1.54, 1.807) is 18.7 Å². The molecule has 1 aliphatic heterocycles. The summed E-state index contributed by atoms with van der Waals surface area (Å²) in [6, 6.07) is -0.238. The molecule has 17 heavy (non-hydrogen) atoms. The highest BCUT2D eigenvalue weighted by Crippen LogP contribution is 2.12. The van der Waals surface area contributed by atoms with Crippen LogP contribution in [-0.4, -0.2) is 56.4 Å². The number of hydrogen-bond acceptors (Lipinski definition) is 4. The lowest BCUT2D eigenvalue weighted by Crippen LogP contribution is -2.54. The molecule has 0 aromatic heterocycles. The first-order valence-corrected chi connectivity index (χ1v) is 7.95. The van der Waals surface area contributed by atoms with E-state index >= 15 is 0 Å². The second kappa shape index (κ2) is 5.82. The number of rotatable bonds is 6. The van der Waals surface area contributed by atoms with E-state index in [2.05, 4.69) is 5.32 Å². The van der Waals surface area contributed by atoms with Crippen LogP contribution in [0.1, 0.15) is 20.8 Å². The average molecular weight is 262 g/mol. The molecule has 1 atom stereocenters. The van der Waals surface area contributed by atoms with Crippen molar-refractivity contribution in [3.05, 3.63) is 0 Å². The first kappa shape index (κ1) is 14.4. The molecule has 0 aromatic carbocycles. The van der Waals surface area contributed by atoms with Crippen molar-refractivity contribution in [1.82, 2.24) is 10.2 Å². The van der Waals surface area contributed by atoms with Gasteiger partial charge in [0.05, 0.1) is 11.7 Å². The van der Waals surface area contributed by atoms with Crippen LogP contribution in [0.25, 0.3) is 0 Å². The van der Waals surface area contributed by atoms with Gasteiger partial charge < -0.3 is 10.2 Å². The van der Waals surface area contributed by atoms with Crippen molar-refractivity contribution in [2.24, 2.45) is 5.92 Å². The molecule has 0 bridgehead atoms. The number of amides is 1. The second-order valence-corrected chi connectivity index (χ2v) is 6.93. The molecular formula is C11H22N2O3S. The zero-order valence-electron chi connectivity index (χ0n) is 10.8. The van der Waals surface area contributed by atoms with Gasteiger partial charge in [0.25, 0.3) is 0 Å². The number of hydrogen-bond donors (Lipinski definition) is 1. The Morgan fingerprint density at radius 1 is 1.41 bits per heavy atom. The van der Waals surface area contributed by atoms with E-state index in [1.165, 1.54) is 0 Å². The first-order valence-electron chi connectivity index (χ1n) is 6.12. The Bertz CT molecular complexity index is 363. The predicted molar refractivity (Wildman–Crippen MR) is 67.5 cm³/mol. The van der Waals surface area contributed by atoms with Crippen LogP contribution in [0.2, 0.25) is 0 Å². The highest BCUT2D eigenvalue weighted by Gasteiger charge is 2.31. The highest BCUT2D eigenvalue weighted by atomic mass is 32.2. The highest BCUT2D eigenvalue weighted by molar-refractivity contribution is 7.91. The Labute approximate surface area is 103 Å². The minimum atomic E-state index is -3.03. The fraction of sp³-hybridized carbons (Fsp3) is 0.909. The molecule has 6 heteroatoms. The number of carbonyl (C=O) groups is 1. The lowest BCUT2D eigenvalue weighted by Gasteiger charge is -2.35. The lowest BCUT2D eigenvalue weighted by molar-refractivity contribution is -0.138. The largest absolute Gasteiger partial charge is 0.339 e. The van der Waals surface area contributed by atoms with Crippen molar-refractivity contribution >= 4 is 15.7 Å². The lowest BCUT2D eigenvalue weighted by atomic mass is 10.0. The molecule has 1 heterocycles. The molecule has 0 aliphatic carbocycles. The summed E-state index contributed by atoms with van der Waals surface area (Å²) in [7, 11) is -3.03. The molecule has 1 rings (SSSR count). The Morgan fingerprint density at radius 2 is 2.00 bits per heavy atom. The minimum absolute atomic E-state index is 0.0294. The van der Waals surface area contributed by atoms with Crippen LogP contribution in [0.3, 0.4) is 0 Å².